The second kappa shape index (κ2) is 3.31. The Labute approximate surface area is 72.9 Å². The van der Waals surface area contributed by atoms with E-state index in [2.05, 4.69) is 10.6 Å². The van der Waals surface area contributed by atoms with Crippen LogP contribution in [0.2, 0.25) is 0 Å². The van der Waals surface area contributed by atoms with Crippen LogP contribution in [0.4, 0.5) is 4.79 Å². The van der Waals surface area contributed by atoms with Gasteiger partial charge in [-0.15, -0.1) is 0 Å². The number of nitrogens with two attached hydrogens (primary N) is 1. The maximum atomic E-state index is 11.2. The fourth-order valence-corrected chi connectivity index (χ4v) is 0.808. The molecule has 0 saturated heterocycles. The summed E-state index contributed by atoms with van der Waals surface area (Å²) in [6, 6.07) is 0.298. The Bertz CT molecular complexity index is 175. The summed E-state index contributed by atoms with van der Waals surface area (Å²) < 4.78 is 0. The molecule has 1 saturated carbocycles. The summed E-state index contributed by atoms with van der Waals surface area (Å²) in [5.41, 5.74) is 5.15. The Hall–Kier alpha value is -0.770. The van der Waals surface area contributed by atoms with E-state index in [1.165, 1.54) is 0 Å². The van der Waals surface area contributed by atoms with E-state index >= 15 is 0 Å². The van der Waals surface area contributed by atoms with Crippen LogP contribution in [0.25, 0.3) is 0 Å². The zero-order valence-corrected chi connectivity index (χ0v) is 7.68. The first-order chi connectivity index (χ1) is 5.53. The smallest absolute Gasteiger partial charge is 0.315 e. The Morgan fingerprint density at radius 3 is 2.58 bits per heavy atom. The molecule has 1 aliphatic carbocycles. The molecule has 1 rings (SSSR count). The second-order valence-corrected chi connectivity index (χ2v) is 3.96. The van der Waals surface area contributed by atoms with Gasteiger partial charge in [-0.2, -0.15) is 0 Å². The average Bonchev–Trinajstić information content (AvgIpc) is 2.70. The maximum absolute atomic E-state index is 11.2. The van der Waals surface area contributed by atoms with Crippen LogP contribution >= 0.6 is 0 Å². The highest BCUT2D eigenvalue weighted by atomic mass is 16.2. The molecule has 0 aromatic heterocycles. The molecule has 0 spiro atoms. The predicted octanol–water partition coefficient (Wildman–Crippen LogP) is 0.185. The van der Waals surface area contributed by atoms with Gasteiger partial charge < -0.3 is 16.4 Å². The lowest BCUT2D eigenvalue weighted by Crippen LogP contribution is -2.52. The van der Waals surface area contributed by atoms with E-state index in [9.17, 15) is 4.79 Å². The van der Waals surface area contributed by atoms with E-state index in [0.29, 0.717) is 12.6 Å². The molecule has 0 aromatic rings. The molecule has 0 heterocycles. The minimum Gasteiger partial charge on any atom is -0.335 e. The van der Waals surface area contributed by atoms with Crippen LogP contribution in [0.5, 0.6) is 0 Å². The van der Waals surface area contributed by atoms with E-state index < -0.39 is 0 Å². The second-order valence-electron chi connectivity index (χ2n) is 3.96. The van der Waals surface area contributed by atoms with Gasteiger partial charge in [0.05, 0.1) is 0 Å². The van der Waals surface area contributed by atoms with Gasteiger partial charge in [0.1, 0.15) is 0 Å². The van der Waals surface area contributed by atoms with Crippen molar-refractivity contribution >= 4 is 6.03 Å². The molecule has 1 aliphatic rings. The number of carbonyl (C=O) groups excluding carboxylic acids is 1. The number of carbonyl (C=O) groups is 1. The number of rotatable bonds is 3. The number of nitrogens with one attached hydrogen (secondary N) is 2. The molecule has 4 N–H and O–H groups in total. The average molecular weight is 171 g/mol. The number of amides is 2. The van der Waals surface area contributed by atoms with Gasteiger partial charge in [-0.1, -0.05) is 0 Å². The van der Waals surface area contributed by atoms with Crippen LogP contribution in [0.15, 0.2) is 0 Å². The third-order valence-corrected chi connectivity index (χ3v) is 1.87. The summed E-state index contributed by atoms with van der Waals surface area (Å²) in [6.07, 6.45) is 2.22. The predicted molar refractivity (Wildman–Crippen MR) is 47.8 cm³/mol. The zero-order valence-electron chi connectivity index (χ0n) is 7.68. The van der Waals surface area contributed by atoms with Gasteiger partial charge in [0.15, 0.2) is 0 Å². The fourth-order valence-electron chi connectivity index (χ4n) is 0.808. The largest absolute Gasteiger partial charge is 0.335 e. The van der Waals surface area contributed by atoms with Crippen molar-refractivity contribution in [3.05, 3.63) is 0 Å². The van der Waals surface area contributed by atoms with Gasteiger partial charge in [0.25, 0.3) is 0 Å². The topological polar surface area (TPSA) is 67.1 Å². The van der Waals surface area contributed by atoms with Gasteiger partial charge >= 0.3 is 6.03 Å². The lowest BCUT2D eigenvalue weighted by molar-refractivity contribution is 0.230. The summed E-state index contributed by atoms with van der Waals surface area (Å²) in [5, 5.41) is 5.64. The summed E-state index contributed by atoms with van der Waals surface area (Å²) in [7, 11) is 0. The van der Waals surface area contributed by atoms with Crippen molar-refractivity contribution in [3.63, 3.8) is 0 Å². The normalized spacial score (nSPS) is 17.2. The standard InChI is InChI=1S/C8H17N3O/c1-8(2,5-9)11-7(12)10-6-3-4-6/h6H,3-5,9H2,1-2H3,(H2,10,11,12). The van der Waals surface area contributed by atoms with Gasteiger partial charge in [0, 0.05) is 18.1 Å². The SMILES string of the molecule is CC(C)(CN)NC(=O)NC1CC1. The molecular formula is C8H17N3O. The van der Waals surface area contributed by atoms with Gasteiger partial charge in [-0.3, -0.25) is 0 Å². The van der Waals surface area contributed by atoms with Crippen molar-refractivity contribution in [1.82, 2.24) is 10.6 Å². The molecule has 4 heteroatoms. The summed E-state index contributed by atoms with van der Waals surface area (Å²) in [5.74, 6) is 0. The molecule has 0 unspecified atom stereocenters. The van der Waals surface area contributed by atoms with Crippen LogP contribution < -0.4 is 16.4 Å². The molecule has 0 atom stereocenters. The van der Waals surface area contributed by atoms with E-state index in [4.69, 9.17) is 5.73 Å². The van der Waals surface area contributed by atoms with Crippen molar-refractivity contribution in [2.75, 3.05) is 6.54 Å². The first-order valence-corrected chi connectivity index (χ1v) is 4.32. The molecular weight excluding hydrogens is 154 g/mol. The molecule has 0 radical (unpaired) electrons. The first-order valence-electron chi connectivity index (χ1n) is 4.32. The summed E-state index contributed by atoms with van der Waals surface area (Å²) >= 11 is 0. The zero-order chi connectivity index (χ0) is 9.19. The van der Waals surface area contributed by atoms with Crippen molar-refractivity contribution in [2.45, 2.75) is 38.3 Å². The van der Waals surface area contributed by atoms with E-state index in [1.807, 2.05) is 13.8 Å². The number of hydrogen-bond acceptors (Lipinski definition) is 2. The molecule has 2 amide bonds. The Morgan fingerprint density at radius 1 is 1.58 bits per heavy atom. The van der Waals surface area contributed by atoms with Crippen LogP contribution in [-0.4, -0.2) is 24.2 Å². The molecule has 70 valence electrons. The third-order valence-electron chi connectivity index (χ3n) is 1.87. The monoisotopic (exact) mass is 171 g/mol. The highest BCUT2D eigenvalue weighted by molar-refractivity contribution is 5.75. The fraction of sp³-hybridized carbons (Fsp3) is 0.875. The van der Waals surface area contributed by atoms with Crippen molar-refractivity contribution in [3.8, 4) is 0 Å². The Morgan fingerprint density at radius 2 is 2.17 bits per heavy atom. The number of urea groups is 1. The van der Waals surface area contributed by atoms with E-state index in [-0.39, 0.29) is 11.6 Å². The van der Waals surface area contributed by atoms with Gasteiger partial charge in [-0.25, -0.2) is 4.79 Å². The molecule has 0 aliphatic heterocycles. The minimum absolute atomic E-state index is 0.104. The van der Waals surface area contributed by atoms with E-state index in [0.717, 1.165) is 12.8 Å². The van der Waals surface area contributed by atoms with Gasteiger partial charge in [-0.05, 0) is 26.7 Å². The Kier molecular flexibility index (Phi) is 2.57. The molecule has 4 nitrogen and oxygen atoms in total. The third kappa shape index (κ3) is 3.09. The van der Waals surface area contributed by atoms with Crippen LogP contribution in [0.3, 0.4) is 0 Å². The highest BCUT2D eigenvalue weighted by Crippen LogP contribution is 2.18. The summed E-state index contributed by atoms with van der Waals surface area (Å²) in [4.78, 5) is 11.2. The maximum Gasteiger partial charge on any atom is 0.315 e. The van der Waals surface area contributed by atoms with Crippen molar-refractivity contribution < 1.29 is 4.79 Å². The lowest BCUT2D eigenvalue weighted by Gasteiger charge is -2.24. The minimum atomic E-state index is -0.307. The molecule has 0 bridgehead atoms. The highest BCUT2D eigenvalue weighted by Gasteiger charge is 2.25. The van der Waals surface area contributed by atoms with Crippen LogP contribution in [0, 0.1) is 0 Å². The Balaban J connectivity index is 2.23. The number of hydrogen-bond donors (Lipinski definition) is 3. The van der Waals surface area contributed by atoms with Crippen molar-refractivity contribution in [2.24, 2.45) is 5.73 Å². The van der Waals surface area contributed by atoms with Crippen LogP contribution in [0.1, 0.15) is 26.7 Å². The summed E-state index contributed by atoms with van der Waals surface area (Å²) in [6.45, 7) is 4.25. The van der Waals surface area contributed by atoms with Gasteiger partial charge in [0.2, 0.25) is 0 Å². The lowest BCUT2D eigenvalue weighted by atomic mass is 10.1. The quantitative estimate of drug-likeness (QED) is 0.567. The van der Waals surface area contributed by atoms with Crippen LogP contribution in [-0.2, 0) is 0 Å². The molecule has 1 fully saturated rings. The van der Waals surface area contributed by atoms with E-state index in [1.54, 1.807) is 0 Å². The van der Waals surface area contributed by atoms with Crippen molar-refractivity contribution in [1.29, 1.82) is 0 Å². The first kappa shape index (κ1) is 9.32. The molecule has 12 heavy (non-hydrogen) atoms. The molecule has 0 aromatic carbocycles.